The number of nitrogens with zero attached hydrogens (tertiary/aromatic N) is 6. The van der Waals surface area contributed by atoms with Gasteiger partial charge in [0.15, 0.2) is 0 Å². The van der Waals surface area contributed by atoms with Crippen LogP contribution < -0.4 is 10.2 Å². The highest BCUT2D eigenvalue weighted by Gasteiger charge is 2.43. The first-order valence-corrected chi connectivity index (χ1v) is 14.6. The van der Waals surface area contributed by atoms with E-state index in [1.54, 1.807) is 11.2 Å². The van der Waals surface area contributed by atoms with E-state index in [0.717, 1.165) is 41.2 Å². The molecule has 2 fully saturated rings. The van der Waals surface area contributed by atoms with Crippen LogP contribution in [0, 0.1) is 6.92 Å². The second-order valence-electron chi connectivity index (χ2n) is 12.8. The molecule has 1 aromatic carbocycles. The first-order valence-electron chi connectivity index (χ1n) is 14.6. The monoisotopic (exact) mass is 573 g/mol. The van der Waals surface area contributed by atoms with Crippen LogP contribution in [0.2, 0.25) is 0 Å². The molecule has 0 saturated carbocycles. The van der Waals surface area contributed by atoms with Crippen LogP contribution in [0.3, 0.4) is 0 Å². The van der Waals surface area contributed by atoms with Crippen molar-refractivity contribution in [3.63, 3.8) is 0 Å². The molecular weight excluding hydrogens is 534 g/mol. The number of anilines is 2. The average Bonchev–Trinajstić information content (AvgIpc) is 3.62. The number of likely N-dealkylation sites (tertiary alicyclic amines) is 1. The van der Waals surface area contributed by atoms with Gasteiger partial charge in [0.05, 0.1) is 25.8 Å². The lowest BCUT2D eigenvalue weighted by Crippen LogP contribution is -2.49. The third kappa shape index (κ3) is 5.45. The lowest BCUT2D eigenvalue weighted by Gasteiger charge is -2.41. The molecule has 1 N–H and O–H groups in total. The number of nitrogens with one attached hydrogen (secondary N) is 1. The number of carbonyl (C=O) groups is 2. The molecule has 3 aliphatic rings. The van der Waals surface area contributed by atoms with Gasteiger partial charge in [-0.25, -0.2) is 9.78 Å². The second kappa shape index (κ2) is 10.7. The quantitative estimate of drug-likeness (QED) is 0.451. The van der Waals surface area contributed by atoms with Crippen LogP contribution in [-0.4, -0.2) is 74.6 Å². The van der Waals surface area contributed by atoms with E-state index in [4.69, 9.17) is 14.5 Å². The molecule has 0 aliphatic carbocycles. The van der Waals surface area contributed by atoms with E-state index in [1.165, 1.54) is 0 Å². The van der Waals surface area contributed by atoms with Crippen LogP contribution in [0.5, 0.6) is 0 Å². The van der Waals surface area contributed by atoms with Crippen LogP contribution in [0.4, 0.5) is 16.3 Å². The summed E-state index contributed by atoms with van der Waals surface area (Å²) in [6.45, 7) is 10.5. The van der Waals surface area contributed by atoms with Crippen LogP contribution in [0.25, 0.3) is 0 Å². The Morgan fingerprint density at radius 2 is 2.02 bits per heavy atom. The predicted octanol–water partition coefficient (Wildman–Crippen LogP) is 4.00. The Kier molecular flexibility index (Phi) is 7.16. The van der Waals surface area contributed by atoms with Gasteiger partial charge in [-0.2, -0.15) is 0 Å². The number of amides is 2. The number of rotatable bonds is 7. The van der Waals surface area contributed by atoms with Crippen molar-refractivity contribution in [3.05, 3.63) is 64.9 Å². The molecule has 11 heteroatoms. The lowest BCUT2D eigenvalue weighted by atomic mass is 9.75. The number of benzene rings is 1. The highest BCUT2D eigenvalue weighted by molar-refractivity contribution is 6.09. The highest BCUT2D eigenvalue weighted by Crippen LogP contribution is 2.38. The SMILES string of the molecule is Cc1cc(NCC2CCCN2C(=O)OC(C)(C)C)cc(N2Cc3ccc(C4(Cc5nncn5C)COC4)cc3C2=O)n1. The number of fused-ring (bicyclic) bond motifs is 1. The fraction of sp³-hybridized carbons (Fsp3) is 0.516. The number of hydrogen-bond acceptors (Lipinski definition) is 8. The van der Waals surface area contributed by atoms with Gasteiger partial charge in [-0.05, 0) is 63.8 Å². The summed E-state index contributed by atoms with van der Waals surface area (Å²) in [5, 5.41) is 11.8. The molecule has 0 radical (unpaired) electrons. The summed E-state index contributed by atoms with van der Waals surface area (Å²) < 4.78 is 13.2. The van der Waals surface area contributed by atoms with Crippen molar-refractivity contribution in [1.82, 2.24) is 24.6 Å². The van der Waals surface area contributed by atoms with Crippen molar-refractivity contribution in [2.45, 2.75) is 70.6 Å². The summed E-state index contributed by atoms with van der Waals surface area (Å²) in [6, 6.07) is 10.1. The van der Waals surface area contributed by atoms with Gasteiger partial charge in [-0.1, -0.05) is 12.1 Å². The van der Waals surface area contributed by atoms with Gasteiger partial charge in [0.2, 0.25) is 0 Å². The fourth-order valence-electron chi connectivity index (χ4n) is 6.04. The lowest BCUT2D eigenvalue weighted by molar-refractivity contribution is -0.0611. The predicted molar refractivity (Wildman–Crippen MR) is 158 cm³/mol. The normalized spacial score (nSPS) is 19.5. The van der Waals surface area contributed by atoms with E-state index in [9.17, 15) is 9.59 Å². The molecule has 6 rings (SSSR count). The van der Waals surface area contributed by atoms with E-state index in [-0.39, 0.29) is 23.5 Å². The zero-order valence-corrected chi connectivity index (χ0v) is 25.0. The Morgan fingerprint density at radius 1 is 1.21 bits per heavy atom. The second-order valence-corrected chi connectivity index (χ2v) is 12.8. The molecule has 2 saturated heterocycles. The number of hydrogen-bond donors (Lipinski definition) is 1. The van der Waals surface area contributed by atoms with Gasteiger partial charge in [0.25, 0.3) is 5.91 Å². The van der Waals surface area contributed by atoms with Crippen molar-refractivity contribution < 1.29 is 19.1 Å². The van der Waals surface area contributed by atoms with Crippen molar-refractivity contribution in [2.24, 2.45) is 7.05 Å². The summed E-state index contributed by atoms with van der Waals surface area (Å²) >= 11 is 0. The smallest absolute Gasteiger partial charge is 0.410 e. The third-order valence-corrected chi connectivity index (χ3v) is 8.35. The molecule has 222 valence electrons. The van der Waals surface area contributed by atoms with E-state index in [0.29, 0.717) is 50.7 Å². The van der Waals surface area contributed by atoms with Crippen molar-refractivity contribution >= 4 is 23.5 Å². The Morgan fingerprint density at radius 3 is 2.71 bits per heavy atom. The van der Waals surface area contributed by atoms with Crippen LogP contribution in [0.1, 0.15) is 66.6 Å². The minimum absolute atomic E-state index is 0.0391. The van der Waals surface area contributed by atoms with E-state index < -0.39 is 5.60 Å². The largest absolute Gasteiger partial charge is 0.444 e. The summed E-state index contributed by atoms with van der Waals surface area (Å²) in [5.41, 5.74) is 3.68. The number of pyridine rings is 1. The third-order valence-electron chi connectivity index (χ3n) is 8.35. The minimum atomic E-state index is -0.530. The highest BCUT2D eigenvalue weighted by atomic mass is 16.6. The molecule has 11 nitrogen and oxygen atoms in total. The number of aryl methyl sites for hydroxylation is 2. The average molecular weight is 574 g/mol. The standard InChI is InChI=1S/C31H39N7O4/c1-20-11-23(32-15-24-7-6-10-37(24)29(40)42-30(2,3)4)13-26(34-20)38-16-21-8-9-22(12-25(21)28(38)39)31(17-41-18-31)14-27-35-33-19-36(27)5/h8-9,11-13,19,24H,6-7,10,14-18H2,1-5H3,(H,32,34). The van der Waals surface area contributed by atoms with Crippen LogP contribution in [-0.2, 0) is 34.9 Å². The Balaban J connectivity index is 1.17. The maximum atomic E-state index is 13.7. The Bertz CT molecular complexity index is 1510. The molecule has 2 aromatic heterocycles. The maximum Gasteiger partial charge on any atom is 0.410 e. The van der Waals surface area contributed by atoms with E-state index in [1.807, 2.05) is 62.4 Å². The van der Waals surface area contributed by atoms with Crippen molar-refractivity contribution in [2.75, 3.05) is 36.5 Å². The summed E-state index contributed by atoms with van der Waals surface area (Å²) in [6.07, 6.45) is 3.98. The van der Waals surface area contributed by atoms with Crippen molar-refractivity contribution in [3.8, 4) is 0 Å². The van der Waals surface area contributed by atoms with Gasteiger partial charge in [-0.15, -0.1) is 10.2 Å². The Hall–Kier alpha value is -3.99. The first-order chi connectivity index (χ1) is 20.0. The molecule has 3 aliphatic heterocycles. The maximum absolute atomic E-state index is 13.7. The molecule has 1 atom stereocenters. The number of aromatic nitrogens is 4. The van der Waals surface area contributed by atoms with Gasteiger partial charge in [0, 0.05) is 55.0 Å². The molecule has 0 spiro atoms. The fourth-order valence-corrected chi connectivity index (χ4v) is 6.04. The van der Waals surface area contributed by atoms with Gasteiger partial charge in [-0.3, -0.25) is 9.69 Å². The molecule has 3 aromatic rings. The molecule has 2 amide bonds. The Labute approximate surface area is 246 Å². The van der Waals surface area contributed by atoms with Gasteiger partial charge < -0.3 is 24.3 Å². The van der Waals surface area contributed by atoms with Gasteiger partial charge in [0.1, 0.15) is 23.6 Å². The molecule has 42 heavy (non-hydrogen) atoms. The van der Waals surface area contributed by atoms with E-state index >= 15 is 0 Å². The molecular formula is C31H39N7O4. The summed E-state index contributed by atoms with van der Waals surface area (Å²) in [4.78, 5) is 34.7. The zero-order valence-electron chi connectivity index (χ0n) is 25.0. The molecule has 1 unspecified atom stereocenters. The summed E-state index contributed by atoms with van der Waals surface area (Å²) in [7, 11) is 1.94. The van der Waals surface area contributed by atoms with Crippen molar-refractivity contribution in [1.29, 1.82) is 0 Å². The summed E-state index contributed by atoms with van der Waals surface area (Å²) in [5.74, 6) is 1.44. The first kappa shape index (κ1) is 28.1. The van der Waals surface area contributed by atoms with Crippen LogP contribution >= 0.6 is 0 Å². The zero-order chi connectivity index (χ0) is 29.6. The topological polar surface area (TPSA) is 115 Å². The van der Waals surface area contributed by atoms with Gasteiger partial charge >= 0.3 is 6.09 Å². The number of carbonyl (C=O) groups excluding carboxylic acids is 2. The number of ether oxygens (including phenoxy) is 2. The molecule has 0 bridgehead atoms. The minimum Gasteiger partial charge on any atom is -0.444 e. The molecule has 5 heterocycles. The van der Waals surface area contributed by atoms with Crippen LogP contribution in [0.15, 0.2) is 36.7 Å². The van der Waals surface area contributed by atoms with E-state index in [2.05, 4.69) is 27.6 Å².